The molecule has 0 aliphatic rings. The number of amides is 2. The van der Waals surface area contributed by atoms with Gasteiger partial charge in [-0.05, 0) is 42.2 Å². The molecule has 0 saturated heterocycles. The molecule has 0 radical (unpaired) electrons. The molecule has 0 fully saturated rings. The summed E-state index contributed by atoms with van der Waals surface area (Å²) in [5.74, 6) is -3.37. The van der Waals surface area contributed by atoms with Gasteiger partial charge in [0, 0.05) is 23.6 Å². The van der Waals surface area contributed by atoms with Crippen molar-refractivity contribution in [1.29, 1.82) is 5.26 Å². The van der Waals surface area contributed by atoms with Gasteiger partial charge in [-0.15, -0.1) is 0 Å². The third-order valence-corrected chi connectivity index (χ3v) is 5.63. The standard InChI is InChI=1S/C27H26N4O7/c1-15(2)11-21(26(34)35)30-25(33)20(29-24(32)19-9-5-17(14-28)6-10-19)12-16-3-7-18(8-4-16)23-13-22(27(36)37)31-38-23/h3-10,13,15,20-21H,11-12H2,1-2H3,(H,29,32)(H,30,33)(H,34,35)(H,36,37)/t20-,21-/m0/s1. The van der Waals surface area contributed by atoms with Crippen LogP contribution in [-0.4, -0.2) is 51.2 Å². The van der Waals surface area contributed by atoms with Crippen LogP contribution in [0.4, 0.5) is 0 Å². The Hall–Kier alpha value is -4.98. The topological polar surface area (TPSA) is 183 Å². The van der Waals surface area contributed by atoms with E-state index < -0.39 is 35.8 Å². The molecule has 11 nitrogen and oxygen atoms in total. The average Bonchev–Trinajstić information content (AvgIpc) is 3.39. The third kappa shape index (κ3) is 7.27. The summed E-state index contributed by atoms with van der Waals surface area (Å²) < 4.78 is 5.06. The van der Waals surface area contributed by atoms with Gasteiger partial charge in [0.1, 0.15) is 12.1 Å². The molecule has 0 bridgehead atoms. The molecule has 1 heterocycles. The summed E-state index contributed by atoms with van der Waals surface area (Å²) in [6.07, 6.45) is 0.250. The van der Waals surface area contributed by atoms with E-state index in [-0.39, 0.29) is 35.8 Å². The molecule has 0 aliphatic carbocycles. The summed E-state index contributed by atoms with van der Waals surface area (Å²) in [7, 11) is 0. The SMILES string of the molecule is CC(C)C[C@H](NC(=O)[C@H](Cc1ccc(-c2cc(C(=O)O)no2)cc1)NC(=O)c1ccc(C#N)cc1)C(=O)O. The fourth-order valence-corrected chi connectivity index (χ4v) is 3.67. The van der Waals surface area contributed by atoms with E-state index in [1.54, 1.807) is 24.3 Å². The Labute approximate surface area is 218 Å². The van der Waals surface area contributed by atoms with Crippen LogP contribution < -0.4 is 10.6 Å². The zero-order chi connectivity index (χ0) is 27.8. The molecule has 1 aromatic heterocycles. The summed E-state index contributed by atoms with van der Waals surface area (Å²) in [6.45, 7) is 3.67. The van der Waals surface area contributed by atoms with Crippen LogP contribution in [-0.2, 0) is 16.0 Å². The van der Waals surface area contributed by atoms with E-state index in [9.17, 15) is 24.3 Å². The van der Waals surface area contributed by atoms with Gasteiger partial charge >= 0.3 is 11.9 Å². The maximum absolute atomic E-state index is 13.2. The monoisotopic (exact) mass is 518 g/mol. The summed E-state index contributed by atoms with van der Waals surface area (Å²) in [5.41, 5.74) is 1.56. The lowest BCUT2D eigenvalue weighted by Gasteiger charge is -2.22. The van der Waals surface area contributed by atoms with Crippen molar-refractivity contribution in [3.63, 3.8) is 0 Å². The van der Waals surface area contributed by atoms with Gasteiger partial charge < -0.3 is 25.4 Å². The van der Waals surface area contributed by atoms with Gasteiger partial charge in [0.15, 0.2) is 11.5 Å². The molecule has 3 rings (SSSR count). The molecule has 38 heavy (non-hydrogen) atoms. The van der Waals surface area contributed by atoms with Gasteiger partial charge in [0.25, 0.3) is 5.91 Å². The van der Waals surface area contributed by atoms with Crippen LogP contribution >= 0.6 is 0 Å². The van der Waals surface area contributed by atoms with Crippen molar-refractivity contribution in [3.05, 3.63) is 77.0 Å². The quantitative estimate of drug-likeness (QED) is 0.296. The number of aromatic carboxylic acids is 1. The van der Waals surface area contributed by atoms with Crippen LogP contribution in [0.2, 0.25) is 0 Å². The Kier molecular flexibility index (Phi) is 8.95. The van der Waals surface area contributed by atoms with E-state index in [0.717, 1.165) is 0 Å². The summed E-state index contributed by atoms with van der Waals surface area (Å²) in [6, 6.07) is 13.5. The predicted molar refractivity (Wildman–Crippen MR) is 134 cm³/mol. The van der Waals surface area contributed by atoms with Crippen molar-refractivity contribution in [2.75, 3.05) is 0 Å². The molecule has 0 spiro atoms. The van der Waals surface area contributed by atoms with Crippen LogP contribution in [0.25, 0.3) is 11.3 Å². The van der Waals surface area contributed by atoms with Crippen molar-refractivity contribution in [1.82, 2.24) is 15.8 Å². The van der Waals surface area contributed by atoms with Crippen molar-refractivity contribution in [2.45, 2.75) is 38.8 Å². The Morgan fingerprint density at radius 3 is 2.16 bits per heavy atom. The van der Waals surface area contributed by atoms with Crippen LogP contribution in [0.5, 0.6) is 0 Å². The number of nitriles is 1. The lowest BCUT2D eigenvalue weighted by atomic mass is 10.0. The number of hydrogen-bond donors (Lipinski definition) is 4. The minimum atomic E-state index is -1.22. The number of carboxylic acids is 2. The number of rotatable bonds is 11. The van der Waals surface area contributed by atoms with Gasteiger partial charge in [-0.2, -0.15) is 5.26 Å². The van der Waals surface area contributed by atoms with Gasteiger partial charge in [-0.1, -0.05) is 43.3 Å². The molecule has 4 N–H and O–H groups in total. The normalized spacial score (nSPS) is 12.3. The first-order chi connectivity index (χ1) is 18.1. The number of carbonyl (C=O) groups is 4. The van der Waals surface area contributed by atoms with Crippen molar-refractivity contribution in [3.8, 4) is 17.4 Å². The van der Waals surface area contributed by atoms with Crippen LogP contribution in [0.3, 0.4) is 0 Å². The molecule has 3 aromatic rings. The number of benzene rings is 2. The second-order valence-electron chi connectivity index (χ2n) is 9.03. The minimum Gasteiger partial charge on any atom is -0.480 e. The highest BCUT2D eigenvalue weighted by Gasteiger charge is 2.28. The zero-order valence-corrected chi connectivity index (χ0v) is 20.7. The second-order valence-corrected chi connectivity index (χ2v) is 9.03. The number of aliphatic carboxylic acids is 1. The number of aromatic nitrogens is 1. The highest BCUT2D eigenvalue weighted by Crippen LogP contribution is 2.21. The molecule has 0 aliphatic heterocycles. The van der Waals surface area contributed by atoms with E-state index in [2.05, 4.69) is 15.8 Å². The van der Waals surface area contributed by atoms with E-state index in [1.165, 1.54) is 30.3 Å². The van der Waals surface area contributed by atoms with E-state index in [1.807, 2.05) is 19.9 Å². The van der Waals surface area contributed by atoms with Crippen LogP contribution in [0.1, 0.15) is 52.2 Å². The first kappa shape index (κ1) is 27.6. The van der Waals surface area contributed by atoms with Crippen LogP contribution in [0.15, 0.2) is 59.1 Å². The largest absolute Gasteiger partial charge is 0.480 e. The second kappa shape index (κ2) is 12.3. The Morgan fingerprint density at radius 2 is 1.63 bits per heavy atom. The number of nitrogens with zero attached hydrogens (tertiary/aromatic N) is 2. The number of carbonyl (C=O) groups excluding carboxylic acids is 2. The number of nitrogens with one attached hydrogen (secondary N) is 2. The first-order valence-electron chi connectivity index (χ1n) is 11.7. The van der Waals surface area contributed by atoms with E-state index in [4.69, 9.17) is 14.9 Å². The molecule has 2 amide bonds. The Balaban J connectivity index is 1.82. The van der Waals surface area contributed by atoms with Gasteiger partial charge in [-0.25, -0.2) is 9.59 Å². The molecule has 0 unspecified atom stereocenters. The smallest absolute Gasteiger partial charge is 0.358 e. The summed E-state index contributed by atoms with van der Waals surface area (Å²) >= 11 is 0. The lowest BCUT2D eigenvalue weighted by molar-refractivity contribution is -0.142. The zero-order valence-electron chi connectivity index (χ0n) is 20.7. The maximum atomic E-state index is 13.2. The molecule has 2 atom stereocenters. The van der Waals surface area contributed by atoms with E-state index >= 15 is 0 Å². The highest BCUT2D eigenvalue weighted by molar-refractivity contribution is 5.98. The fourth-order valence-electron chi connectivity index (χ4n) is 3.67. The van der Waals surface area contributed by atoms with E-state index in [0.29, 0.717) is 16.7 Å². The van der Waals surface area contributed by atoms with Gasteiger partial charge in [-0.3, -0.25) is 9.59 Å². The number of hydrogen-bond acceptors (Lipinski definition) is 7. The Morgan fingerprint density at radius 1 is 0.974 bits per heavy atom. The maximum Gasteiger partial charge on any atom is 0.358 e. The summed E-state index contributed by atoms with van der Waals surface area (Å²) in [5, 5.41) is 36.2. The molecule has 11 heteroatoms. The first-order valence-corrected chi connectivity index (χ1v) is 11.7. The fraction of sp³-hybridized carbons (Fsp3) is 0.259. The molecule has 2 aromatic carbocycles. The molecule has 0 saturated carbocycles. The van der Waals surface area contributed by atoms with Gasteiger partial charge in [0.05, 0.1) is 11.6 Å². The third-order valence-electron chi connectivity index (χ3n) is 5.63. The van der Waals surface area contributed by atoms with Crippen molar-refractivity contribution >= 4 is 23.8 Å². The summed E-state index contributed by atoms with van der Waals surface area (Å²) in [4.78, 5) is 48.8. The minimum absolute atomic E-state index is 0.00775. The van der Waals surface area contributed by atoms with Crippen LogP contribution in [0, 0.1) is 17.2 Å². The highest BCUT2D eigenvalue weighted by atomic mass is 16.5. The predicted octanol–water partition coefficient (Wildman–Crippen LogP) is 2.87. The Bertz CT molecular complexity index is 1360. The molecular formula is C27H26N4O7. The number of carboxylic acid groups (broad SMARTS) is 2. The lowest BCUT2D eigenvalue weighted by Crippen LogP contribution is -2.52. The molecular weight excluding hydrogens is 492 g/mol. The van der Waals surface area contributed by atoms with Crippen molar-refractivity contribution < 1.29 is 33.9 Å². The van der Waals surface area contributed by atoms with Crippen molar-refractivity contribution in [2.24, 2.45) is 5.92 Å². The molecule has 196 valence electrons. The average molecular weight is 519 g/mol. The van der Waals surface area contributed by atoms with Gasteiger partial charge in [0.2, 0.25) is 5.91 Å².